The maximum atomic E-state index is 12.6. The molecule has 0 bridgehead atoms. The third-order valence-electron chi connectivity index (χ3n) is 4.52. The van der Waals surface area contributed by atoms with Crippen LogP contribution in [0.15, 0.2) is 70.3 Å². The van der Waals surface area contributed by atoms with Crippen LogP contribution in [0.4, 0.5) is 5.82 Å². The Bertz CT molecular complexity index is 1170. The summed E-state index contributed by atoms with van der Waals surface area (Å²) in [6.45, 7) is 3.58. The Hall–Kier alpha value is -3.10. The number of benzene rings is 2. The second-order valence-electron chi connectivity index (χ2n) is 6.95. The lowest BCUT2D eigenvalue weighted by Crippen LogP contribution is -2.23. The summed E-state index contributed by atoms with van der Waals surface area (Å²) in [7, 11) is 0. The van der Waals surface area contributed by atoms with Gasteiger partial charge in [0.25, 0.3) is 0 Å². The number of nitrogens with zero attached hydrogens (tertiary/aromatic N) is 4. The van der Waals surface area contributed by atoms with Crippen LogP contribution in [-0.2, 0) is 11.2 Å². The van der Waals surface area contributed by atoms with Gasteiger partial charge in [-0.05, 0) is 43.7 Å². The van der Waals surface area contributed by atoms with Crippen molar-refractivity contribution in [1.82, 2.24) is 19.9 Å². The van der Waals surface area contributed by atoms with Gasteiger partial charge >= 0.3 is 0 Å². The zero-order valence-corrected chi connectivity index (χ0v) is 18.5. The lowest BCUT2D eigenvalue weighted by atomic mass is 10.1. The van der Waals surface area contributed by atoms with Crippen LogP contribution in [0.1, 0.15) is 24.1 Å². The van der Waals surface area contributed by atoms with Crippen molar-refractivity contribution in [1.29, 1.82) is 0 Å². The Morgan fingerprint density at radius 2 is 1.90 bits per heavy atom. The topological polar surface area (TPSA) is 85.8 Å². The second-order valence-corrected chi connectivity index (χ2v) is 8.69. The largest absolute Gasteiger partial charge is 0.360 e. The number of halogens is 1. The van der Waals surface area contributed by atoms with Gasteiger partial charge in [0, 0.05) is 23.2 Å². The average molecular weight is 454 g/mol. The highest BCUT2D eigenvalue weighted by Crippen LogP contribution is 2.28. The number of rotatable bonds is 7. The smallest absolute Gasteiger partial charge is 0.238 e. The number of aryl methyl sites for hydroxylation is 1. The highest BCUT2D eigenvalue weighted by atomic mass is 35.5. The van der Waals surface area contributed by atoms with Gasteiger partial charge < -0.3 is 9.84 Å². The minimum absolute atomic E-state index is 0.200. The van der Waals surface area contributed by atoms with E-state index in [0.717, 1.165) is 17.1 Å². The number of thioether (sulfide) groups is 1. The molecule has 1 atom stereocenters. The van der Waals surface area contributed by atoms with Gasteiger partial charge in [0.2, 0.25) is 5.91 Å². The molecule has 0 saturated carbocycles. The Labute approximate surface area is 188 Å². The number of nitrogens with one attached hydrogen (secondary N) is 1. The molecule has 0 radical (unpaired) electrons. The van der Waals surface area contributed by atoms with Gasteiger partial charge in [0.1, 0.15) is 11.6 Å². The molecule has 2 heterocycles. The summed E-state index contributed by atoms with van der Waals surface area (Å²) in [5.74, 6) is 1.59. The SMILES string of the molecule is Cc1cc(NC(=O)C(C)Sc2nnc(Cc3ccccc3)n2-c2ccc(Cl)cc2)no1. The molecule has 7 nitrogen and oxygen atoms in total. The molecule has 1 amide bonds. The van der Waals surface area contributed by atoms with Crippen LogP contribution in [0, 0.1) is 6.92 Å². The van der Waals surface area contributed by atoms with Crippen molar-refractivity contribution in [3.8, 4) is 5.69 Å². The van der Waals surface area contributed by atoms with E-state index >= 15 is 0 Å². The lowest BCUT2D eigenvalue weighted by Gasteiger charge is -2.13. The first kappa shape index (κ1) is 21.1. The molecule has 31 heavy (non-hydrogen) atoms. The number of hydrogen-bond acceptors (Lipinski definition) is 6. The summed E-state index contributed by atoms with van der Waals surface area (Å²) >= 11 is 7.40. The Morgan fingerprint density at radius 1 is 1.16 bits per heavy atom. The highest BCUT2D eigenvalue weighted by molar-refractivity contribution is 8.00. The molecule has 1 unspecified atom stereocenters. The second kappa shape index (κ2) is 9.36. The van der Waals surface area contributed by atoms with Gasteiger partial charge in [-0.15, -0.1) is 10.2 Å². The maximum Gasteiger partial charge on any atom is 0.238 e. The number of carbonyl (C=O) groups is 1. The average Bonchev–Trinajstić information content (AvgIpc) is 3.35. The predicted molar refractivity (Wildman–Crippen MR) is 121 cm³/mol. The predicted octanol–water partition coefficient (Wildman–Crippen LogP) is 4.93. The summed E-state index contributed by atoms with van der Waals surface area (Å²) < 4.78 is 6.96. The zero-order valence-electron chi connectivity index (χ0n) is 16.9. The van der Waals surface area contributed by atoms with Crippen molar-refractivity contribution in [2.75, 3.05) is 5.32 Å². The molecule has 0 aliphatic rings. The Kier molecular flexibility index (Phi) is 6.39. The van der Waals surface area contributed by atoms with Crippen molar-refractivity contribution in [3.05, 3.63) is 82.8 Å². The van der Waals surface area contributed by atoms with Crippen molar-refractivity contribution >= 4 is 35.1 Å². The van der Waals surface area contributed by atoms with Crippen LogP contribution in [0.5, 0.6) is 0 Å². The van der Waals surface area contributed by atoms with E-state index in [1.54, 1.807) is 13.0 Å². The van der Waals surface area contributed by atoms with E-state index in [1.165, 1.54) is 11.8 Å². The summed E-state index contributed by atoms with van der Waals surface area (Å²) in [6.07, 6.45) is 0.607. The highest BCUT2D eigenvalue weighted by Gasteiger charge is 2.22. The first-order chi connectivity index (χ1) is 15.0. The third-order valence-corrected chi connectivity index (χ3v) is 5.82. The number of anilines is 1. The Morgan fingerprint density at radius 3 is 2.58 bits per heavy atom. The van der Waals surface area contributed by atoms with E-state index in [9.17, 15) is 4.79 Å². The molecular formula is C22H20ClN5O2S. The summed E-state index contributed by atoms with van der Waals surface area (Å²) in [6, 6.07) is 19.2. The molecule has 0 fully saturated rings. The molecule has 158 valence electrons. The van der Waals surface area contributed by atoms with Crippen molar-refractivity contribution in [3.63, 3.8) is 0 Å². The van der Waals surface area contributed by atoms with Crippen LogP contribution in [0.25, 0.3) is 5.69 Å². The fourth-order valence-electron chi connectivity index (χ4n) is 2.98. The molecule has 0 spiro atoms. The first-order valence-electron chi connectivity index (χ1n) is 9.64. The number of aromatic nitrogens is 4. The van der Waals surface area contributed by atoms with Crippen LogP contribution < -0.4 is 5.32 Å². The fourth-order valence-corrected chi connectivity index (χ4v) is 4.00. The van der Waals surface area contributed by atoms with Gasteiger partial charge in [0.15, 0.2) is 11.0 Å². The van der Waals surface area contributed by atoms with Crippen LogP contribution >= 0.6 is 23.4 Å². The Balaban J connectivity index is 1.60. The summed E-state index contributed by atoms with van der Waals surface area (Å²) in [5.41, 5.74) is 2.00. The quantitative estimate of drug-likeness (QED) is 0.399. The van der Waals surface area contributed by atoms with Gasteiger partial charge in [-0.1, -0.05) is 58.9 Å². The standard InChI is InChI=1S/C22H20ClN5O2S/c1-14-12-19(27-30-14)24-21(29)15(2)31-22-26-25-20(13-16-6-4-3-5-7-16)28(22)18-10-8-17(23)9-11-18/h3-12,15H,13H2,1-2H3,(H,24,27,29). The normalized spacial score (nSPS) is 12.0. The summed E-state index contributed by atoms with van der Waals surface area (Å²) in [5, 5.41) is 16.2. The minimum atomic E-state index is -0.433. The van der Waals surface area contributed by atoms with Crippen LogP contribution in [0.3, 0.4) is 0 Å². The van der Waals surface area contributed by atoms with Crippen LogP contribution in [-0.4, -0.2) is 31.1 Å². The van der Waals surface area contributed by atoms with E-state index in [0.29, 0.717) is 28.2 Å². The maximum absolute atomic E-state index is 12.6. The zero-order chi connectivity index (χ0) is 21.8. The van der Waals surface area contributed by atoms with E-state index < -0.39 is 5.25 Å². The number of carbonyl (C=O) groups excluding carboxylic acids is 1. The molecule has 2 aromatic carbocycles. The number of amides is 1. The van der Waals surface area contributed by atoms with E-state index in [4.69, 9.17) is 16.1 Å². The third kappa shape index (κ3) is 5.15. The molecule has 1 N–H and O–H groups in total. The van der Waals surface area contributed by atoms with Crippen molar-refractivity contribution in [2.24, 2.45) is 0 Å². The fraction of sp³-hybridized carbons (Fsp3) is 0.182. The monoisotopic (exact) mass is 453 g/mol. The van der Waals surface area contributed by atoms with Crippen LogP contribution in [0.2, 0.25) is 5.02 Å². The molecule has 2 aromatic heterocycles. The van der Waals surface area contributed by atoms with Gasteiger partial charge in [-0.2, -0.15) is 0 Å². The van der Waals surface area contributed by atoms with E-state index in [2.05, 4.69) is 20.7 Å². The molecule has 0 aliphatic heterocycles. The molecule has 9 heteroatoms. The molecule has 0 saturated heterocycles. The van der Waals surface area contributed by atoms with Gasteiger partial charge in [-0.25, -0.2) is 0 Å². The first-order valence-corrected chi connectivity index (χ1v) is 10.9. The number of hydrogen-bond donors (Lipinski definition) is 1. The lowest BCUT2D eigenvalue weighted by molar-refractivity contribution is -0.115. The molecule has 4 rings (SSSR count). The molecular weight excluding hydrogens is 434 g/mol. The van der Waals surface area contributed by atoms with Crippen molar-refractivity contribution in [2.45, 2.75) is 30.7 Å². The van der Waals surface area contributed by atoms with Gasteiger partial charge in [0.05, 0.1) is 5.25 Å². The molecule has 4 aromatic rings. The van der Waals surface area contributed by atoms with E-state index in [-0.39, 0.29) is 5.91 Å². The molecule has 0 aliphatic carbocycles. The van der Waals surface area contributed by atoms with Crippen molar-refractivity contribution < 1.29 is 9.32 Å². The van der Waals surface area contributed by atoms with Gasteiger partial charge in [-0.3, -0.25) is 9.36 Å². The van der Waals surface area contributed by atoms with E-state index in [1.807, 2.05) is 66.1 Å². The minimum Gasteiger partial charge on any atom is -0.360 e. The summed E-state index contributed by atoms with van der Waals surface area (Å²) in [4.78, 5) is 12.6.